The molecule has 1 heterocycles. The molecule has 2 N–H and O–H groups in total. The van der Waals surface area contributed by atoms with Crippen LogP contribution in [0.25, 0.3) is 0 Å². The number of piperidine rings is 1. The molecule has 23 heavy (non-hydrogen) atoms. The number of anilines is 1. The smallest absolute Gasteiger partial charge is 0.319 e. The minimum Gasteiger partial charge on any atom is -0.339 e. The van der Waals surface area contributed by atoms with Gasteiger partial charge in [-0.05, 0) is 50.3 Å². The fourth-order valence-corrected chi connectivity index (χ4v) is 2.55. The summed E-state index contributed by atoms with van der Waals surface area (Å²) in [6, 6.07) is 7.00. The van der Waals surface area contributed by atoms with Gasteiger partial charge < -0.3 is 15.5 Å². The maximum atomic E-state index is 12.5. The third-order valence-electron chi connectivity index (χ3n) is 4.37. The van der Waals surface area contributed by atoms with Gasteiger partial charge in [-0.25, -0.2) is 4.79 Å². The van der Waals surface area contributed by atoms with Crippen molar-refractivity contribution in [1.82, 2.24) is 10.2 Å². The van der Waals surface area contributed by atoms with E-state index in [0.717, 1.165) is 25.9 Å². The summed E-state index contributed by atoms with van der Waals surface area (Å²) < 4.78 is 0. The molecule has 3 amide bonds. The van der Waals surface area contributed by atoms with Gasteiger partial charge in [-0.1, -0.05) is 19.9 Å². The van der Waals surface area contributed by atoms with E-state index in [-0.39, 0.29) is 18.0 Å². The lowest BCUT2D eigenvalue weighted by Gasteiger charge is -2.26. The van der Waals surface area contributed by atoms with Crippen LogP contribution in [0.3, 0.4) is 0 Å². The van der Waals surface area contributed by atoms with Crippen molar-refractivity contribution in [3.63, 3.8) is 0 Å². The minimum absolute atomic E-state index is 0.0457. The molecule has 0 bridgehead atoms. The quantitative estimate of drug-likeness (QED) is 0.893. The summed E-state index contributed by atoms with van der Waals surface area (Å²) in [4.78, 5) is 26.4. The van der Waals surface area contributed by atoms with Crippen LogP contribution < -0.4 is 10.6 Å². The fourth-order valence-electron chi connectivity index (χ4n) is 2.55. The lowest BCUT2D eigenvalue weighted by atomic mass is 10.1. The van der Waals surface area contributed by atoms with Crippen molar-refractivity contribution in [1.29, 1.82) is 0 Å². The van der Waals surface area contributed by atoms with Crippen molar-refractivity contribution >= 4 is 17.6 Å². The van der Waals surface area contributed by atoms with Gasteiger partial charge in [-0.3, -0.25) is 4.79 Å². The molecule has 0 aliphatic carbocycles. The Bertz CT molecular complexity index is 551. The first-order valence-electron chi connectivity index (χ1n) is 8.44. The molecule has 1 aromatic rings. The minimum atomic E-state index is -0.242. The molecule has 1 saturated heterocycles. The Labute approximate surface area is 138 Å². The standard InChI is InChI=1S/C18H27N3O2/c1-13(2)14(3)19-18(23)20-16-9-7-8-15(12-16)17(22)21-10-5-4-6-11-21/h7-9,12-14H,4-6,10-11H2,1-3H3,(H2,19,20,23). The molecule has 0 spiro atoms. The van der Waals surface area contributed by atoms with E-state index in [0.29, 0.717) is 17.2 Å². The molecule has 2 rings (SSSR count). The monoisotopic (exact) mass is 317 g/mol. The highest BCUT2D eigenvalue weighted by atomic mass is 16.2. The zero-order chi connectivity index (χ0) is 16.8. The van der Waals surface area contributed by atoms with E-state index < -0.39 is 0 Å². The maximum absolute atomic E-state index is 12.5. The summed E-state index contributed by atoms with van der Waals surface area (Å²) in [7, 11) is 0. The van der Waals surface area contributed by atoms with Crippen LogP contribution in [0.4, 0.5) is 10.5 Å². The second kappa shape index (κ2) is 7.99. The zero-order valence-electron chi connectivity index (χ0n) is 14.3. The summed E-state index contributed by atoms with van der Waals surface area (Å²) in [5.41, 5.74) is 1.27. The lowest BCUT2D eigenvalue weighted by molar-refractivity contribution is 0.0724. The average Bonchev–Trinajstić information content (AvgIpc) is 2.55. The predicted octanol–water partition coefficient (Wildman–Crippen LogP) is 3.48. The highest BCUT2D eigenvalue weighted by molar-refractivity contribution is 5.97. The van der Waals surface area contributed by atoms with E-state index in [2.05, 4.69) is 24.5 Å². The average molecular weight is 317 g/mol. The van der Waals surface area contributed by atoms with Crippen molar-refractivity contribution in [2.24, 2.45) is 5.92 Å². The van der Waals surface area contributed by atoms with Gasteiger partial charge in [0.1, 0.15) is 0 Å². The Morgan fingerprint density at radius 3 is 2.43 bits per heavy atom. The van der Waals surface area contributed by atoms with Crippen LogP contribution >= 0.6 is 0 Å². The van der Waals surface area contributed by atoms with Gasteiger partial charge in [0, 0.05) is 30.4 Å². The molecule has 1 unspecified atom stereocenters. The van der Waals surface area contributed by atoms with Gasteiger partial charge in [0.15, 0.2) is 0 Å². The number of nitrogens with zero attached hydrogens (tertiary/aromatic N) is 1. The highest BCUT2D eigenvalue weighted by Gasteiger charge is 2.18. The number of likely N-dealkylation sites (tertiary alicyclic amines) is 1. The largest absolute Gasteiger partial charge is 0.339 e. The third kappa shape index (κ3) is 4.98. The normalized spacial score (nSPS) is 16.1. The molecule has 1 aliphatic heterocycles. The molecule has 0 aromatic heterocycles. The first-order chi connectivity index (χ1) is 11.0. The topological polar surface area (TPSA) is 61.4 Å². The van der Waals surface area contributed by atoms with E-state index in [1.807, 2.05) is 11.8 Å². The molecule has 1 aromatic carbocycles. The summed E-state index contributed by atoms with van der Waals surface area (Å²) >= 11 is 0. The molecule has 126 valence electrons. The zero-order valence-corrected chi connectivity index (χ0v) is 14.3. The number of nitrogens with one attached hydrogen (secondary N) is 2. The Hall–Kier alpha value is -2.04. The lowest BCUT2D eigenvalue weighted by Crippen LogP contribution is -2.39. The van der Waals surface area contributed by atoms with Crippen LogP contribution in [0.5, 0.6) is 0 Å². The number of hydrogen-bond acceptors (Lipinski definition) is 2. The van der Waals surface area contributed by atoms with E-state index >= 15 is 0 Å². The molecule has 5 nitrogen and oxygen atoms in total. The molecule has 0 radical (unpaired) electrons. The van der Waals surface area contributed by atoms with Crippen LogP contribution in [-0.2, 0) is 0 Å². The number of benzene rings is 1. The van der Waals surface area contributed by atoms with Gasteiger partial charge in [0.05, 0.1) is 0 Å². The molecular formula is C18H27N3O2. The number of hydrogen-bond donors (Lipinski definition) is 2. The number of urea groups is 1. The second-order valence-electron chi connectivity index (χ2n) is 6.56. The van der Waals surface area contributed by atoms with Crippen molar-refractivity contribution in [3.8, 4) is 0 Å². The van der Waals surface area contributed by atoms with Crippen LogP contribution in [0.1, 0.15) is 50.4 Å². The van der Waals surface area contributed by atoms with Gasteiger partial charge in [-0.2, -0.15) is 0 Å². The van der Waals surface area contributed by atoms with Crippen molar-refractivity contribution < 1.29 is 9.59 Å². The summed E-state index contributed by atoms with van der Waals surface area (Å²) in [6.07, 6.45) is 3.33. The van der Waals surface area contributed by atoms with Crippen LogP contribution in [-0.4, -0.2) is 36.0 Å². The van der Waals surface area contributed by atoms with Crippen LogP contribution in [0.2, 0.25) is 0 Å². The number of carbonyl (C=O) groups excluding carboxylic acids is 2. The Kier molecular flexibility index (Phi) is 6.02. The number of amides is 3. The molecule has 1 fully saturated rings. The molecule has 1 atom stereocenters. The van der Waals surface area contributed by atoms with Crippen molar-refractivity contribution in [3.05, 3.63) is 29.8 Å². The SMILES string of the molecule is CC(C)C(C)NC(=O)Nc1cccc(C(=O)N2CCCCC2)c1. The van der Waals surface area contributed by atoms with E-state index in [1.165, 1.54) is 6.42 Å². The molecule has 5 heteroatoms. The predicted molar refractivity (Wildman–Crippen MR) is 92.7 cm³/mol. The van der Waals surface area contributed by atoms with Gasteiger partial charge in [-0.15, -0.1) is 0 Å². The van der Waals surface area contributed by atoms with E-state index in [1.54, 1.807) is 24.3 Å². The first-order valence-corrected chi connectivity index (χ1v) is 8.44. The van der Waals surface area contributed by atoms with Crippen molar-refractivity contribution in [2.75, 3.05) is 18.4 Å². The molecule has 0 saturated carbocycles. The Morgan fingerprint density at radius 2 is 1.78 bits per heavy atom. The Morgan fingerprint density at radius 1 is 1.09 bits per heavy atom. The third-order valence-corrected chi connectivity index (χ3v) is 4.37. The molecule has 1 aliphatic rings. The van der Waals surface area contributed by atoms with E-state index in [9.17, 15) is 9.59 Å². The van der Waals surface area contributed by atoms with Gasteiger partial charge in [0.2, 0.25) is 0 Å². The second-order valence-corrected chi connectivity index (χ2v) is 6.56. The highest BCUT2D eigenvalue weighted by Crippen LogP contribution is 2.16. The Balaban J connectivity index is 1.99. The van der Waals surface area contributed by atoms with Gasteiger partial charge in [0.25, 0.3) is 5.91 Å². The van der Waals surface area contributed by atoms with Crippen molar-refractivity contribution in [2.45, 2.75) is 46.1 Å². The fraction of sp³-hybridized carbons (Fsp3) is 0.556. The summed E-state index contributed by atoms with van der Waals surface area (Å²) in [6.45, 7) is 7.73. The van der Waals surface area contributed by atoms with Crippen LogP contribution in [0, 0.1) is 5.92 Å². The van der Waals surface area contributed by atoms with Gasteiger partial charge >= 0.3 is 6.03 Å². The number of carbonyl (C=O) groups is 2. The van der Waals surface area contributed by atoms with E-state index in [4.69, 9.17) is 0 Å². The molecular weight excluding hydrogens is 290 g/mol. The number of rotatable bonds is 4. The first kappa shape index (κ1) is 17.3. The maximum Gasteiger partial charge on any atom is 0.319 e. The van der Waals surface area contributed by atoms with Crippen LogP contribution in [0.15, 0.2) is 24.3 Å². The summed E-state index contributed by atoms with van der Waals surface area (Å²) in [5, 5.41) is 5.70. The summed E-state index contributed by atoms with van der Waals surface area (Å²) in [5.74, 6) is 0.414.